The second-order valence-electron chi connectivity index (χ2n) is 5.61. The molecular formula is C16H16N4O7. The van der Waals surface area contributed by atoms with Crippen LogP contribution in [0.1, 0.15) is 15.9 Å². The number of ether oxygens (including phenoxy) is 1. The van der Waals surface area contributed by atoms with Gasteiger partial charge >= 0.3 is 11.7 Å². The van der Waals surface area contributed by atoms with Crippen LogP contribution in [0.15, 0.2) is 33.9 Å². The molecule has 0 radical (unpaired) electrons. The van der Waals surface area contributed by atoms with E-state index in [9.17, 15) is 29.3 Å². The summed E-state index contributed by atoms with van der Waals surface area (Å²) in [6.45, 7) is -0.795. The molecule has 142 valence electrons. The summed E-state index contributed by atoms with van der Waals surface area (Å²) in [4.78, 5) is 58.3. The number of nitrogens with zero attached hydrogens (tertiary/aromatic N) is 3. The molecule has 0 fully saturated rings. The summed E-state index contributed by atoms with van der Waals surface area (Å²) >= 11 is 0. The van der Waals surface area contributed by atoms with Gasteiger partial charge in [0.05, 0.1) is 11.3 Å². The average molecular weight is 376 g/mol. The number of anilines is 1. The molecule has 11 heteroatoms. The van der Waals surface area contributed by atoms with E-state index in [-0.39, 0.29) is 17.1 Å². The predicted molar refractivity (Wildman–Crippen MR) is 93.4 cm³/mol. The molecular weight excluding hydrogens is 360 g/mol. The lowest BCUT2D eigenvalue weighted by molar-refractivity contribution is -0.385. The molecule has 2 aromatic rings. The Morgan fingerprint density at radius 2 is 1.81 bits per heavy atom. The number of nitrogen functional groups attached to an aromatic ring is 1. The predicted octanol–water partition coefficient (Wildman–Crippen LogP) is -0.457. The van der Waals surface area contributed by atoms with Gasteiger partial charge in [0, 0.05) is 25.7 Å². The SMILES string of the molecule is Cn1c(N)c(C(=O)COC(=O)Cc2ccccc2[N+](=O)[O-])c(=O)n(C)c1=O. The molecule has 0 spiro atoms. The van der Waals surface area contributed by atoms with Gasteiger partial charge in [0.15, 0.2) is 6.61 Å². The largest absolute Gasteiger partial charge is 0.457 e. The van der Waals surface area contributed by atoms with Crippen molar-refractivity contribution in [2.45, 2.75) is 6.42 Å². The Labute approximate surface area is 151 Å². The Balaban J connectivity index is 2.16. The number of ketones is 1. The molecule has 2 N–H and O–H groups in total. The van der Waals surface area contributed by atoms with Crippen molar-refractivity contribution in [3.05, 3.63) is 66.3 Å². The highest BCUT2D eigenvalue weighted by molar-refractivity contribution is 6.01. The van der Waals surface area contributed by atoms with Crippen molar-refractivity contribution in [3.63, 3.8) is 0 Å². The summed E-state index contributed by atoms with van der Waals surface area (Å²) in [5.74, 6) is -2.12. The summed E-state index contributed by atoms with van der Waals surface area (Å²) in [5, 5.41) is 10.9. The minimum absolute atomic E-state index is 0.123. The summed E-state index contributed by atoms with van der Waals surface area (Å²) in [6, 6.07) is 5.61. The number of hydrogen-bond acceptors (Lipinski definition) is 8. The number of aromatic nitrogens is 2. The zero-order valence-electron chi connectivity index (χ0n) is 14.5. The third kappa shape index (κ3) is 3.92. The van der Waals surface area contributed by atoms with E-state index in [1.165, 1.54) is 38.4 Å². The number of Topliss-reactive ketones (excluding diaryl/α,β-unsaturated/α-hetero) is 1. The number of benzene rings is 1. The molecule has 0 aliphatic rings. The Bertz CT molecular complexity index is 1050. The molecule has 1 aromatic carbocycles. The number of carbonyl (C=O) groups is 2. The summed E-state index contributed by atoms with van der Waals surface area (Å²) in [7, 11) is 2.47. The highest BCUT2D eigenvalue weighted by Gasteiger charge is 2.22. The lowest BCUT2D eigenvalue weighted by Gasteiger charge is -2.11. The van der Waals surface area contributed by atoms with Crippen LogP contribution in [-0.2, 0) is 30.0 Å². The van der Waals surface area contributed by atoms with Crippen LogP contribution >= 0.6 is 0 Å². The number of para-hydroxylation sites is 1. The van der Waals surface area contributed by atoms with Gasteiger partial charge in [0.1, 0.15) is 11.4 Å². The van der Waals surface area contributed by atoms with Crippen LogP contribution in [0, 0.1) is 10.1 Å². The third-order valence-electron chi connectivity index (χ3n) is 3.88. The lowest BCUT2D eigenvalue weighted by atomic mass is 10.1. The molecule has 1 aromatic heterocycles. The van der Waals surface area contributed by atoms with E-state index in [0.29, 0.717) is 4.57 Å². The Hall–Kier alpha value is -3.76. The quantitative estimate of drug-likeness (QED) is 0.307. The zero-order chi connectivity index (χ0) is 20.3. The van der Waals surface area contributed by atoms with Crippen LogP contribution in [0.4, 0.5) is 11.5 Å². The average Bonchev–Trinajstić information content (AvgIpc) is 2.63. The smallest absolute Gasteiger partial charge is 0.332 e. The fraction of sp³-hybridized carbons (Fsp3) is 0.250. The molecule has 27 heavy (non-hydrogen) atoms. The Morgan fingerprint density at radius 3 is 2.44 bits per heavy atom. The first-order valence-corrected chi connectivity index (χ1v) is 7.61. The highest BCUT2D eigenvalue weighted by Crippen LogP contribution is 2.18. The Morgan fingerprint density at radius 1 is 1.19 bits per heavy atom. The van der Waals surface area contributed by atoms with Gasteiger partial charge in [0.2, 0.25) is 5.78 Å². The molecule has 0 aliphatic carbocycles. The molecule has 2 rings (SSSR count). The molecule has 0 saturated carbocycles. The highest BCUT2D eigenvalue weighted by atomic mass is 16.6. The van der Waals surface area contributed by atoms with Crippen molar-refractivity contribution in [2.75, 3.05) is 12.3 Å². The van der Waals surface area contributed by atoms with Crippen LogP contribution in [-0.4, -0.2) is 32.4 Å². The minimum atomic E-state index is -0.907. The molecule has 0 aliphatic heterocycles. The van der Waals surface area contributed by atoms with Crippen molar-refractivity contribution in [3.8, 4) is 0 Å². The zero-order valence-corrected chi connectivity index (χ0v) is 14.5. The van der Waals surface area contributed by atoms with Gasteiger partial charge in [-0.2, -0.15) is 0 Å². The second kappa shape index (κ2) is 7.64. The minimum Gasteiger partial charge on any atom is -0.457 e. The Kier molecular flexibility index (Phi) is 5.54. The number of esters is 1. The van der Waals surface area contributed by atoms with E-state index in [1.807, 2.05) is 0 Å². The van der Waals surface area contributed by atoms with E-state index in [2.05, 4.69) is 0 Å². The van der Waals surface area contributed by atoms with Gasteiger partial charge in [-0.3, -0.25) is 33.6 Å². The maximum atomic E-state index is 12.2. The first-order valence-electron chi connectivity index (χ1n) is 7.61. The lowest BCUT2D eigenvalue weighted by Crippen LogP contribution is -2.42. The van der Waals surface area contributed by atoms with Gasteiger partial charge in [-0.15, -0.1) is 0 Å². The molecule has 0 bridgehead atoms. The van der Waals surface area contributed by atoms with E-state index in [4.69, 9.17) is 10.5 Å². The van der Waals surface area contributed by atoms with Crippen molar-refractivity contribution in [1.82, 2.24) is 9.13 Å². The van der Waals surface area contributed by atoms with Crippen molar-refractivity contribution >= 4 is 23.3 Å². The van der Waals surface area contributed by atoms with Gasteiger partial charge < -0.3 is 10.5 Å². The normalized spacial score (nSPS) is 10.4. The summed E-state index contributed by atoms with van der Waals surface area (Å²) < 4.78 is 6.44. The number of hydrogen-bond donors (Lipinski definition) is 1. The molecule has 0 unspecified atom stereocenters. The standard InChI is InChI=1S/C16H16N4O7/c1-18-14(17)13(15(23)19(2)16(18)24)11(21)8-27-12(22)7-9-5-3-4-6-10(9)20(25)26/h3-6H,7-8,17H2,1-2H3. The van der Waals surface area contributed by atoms with Gasteiger partial charge in [0.25, 0.3) is 11.2 Å². The molecule has 0 amide bonds. The topological polar surface area (TPSA) is 157 Å². The van der Waals surface area contributed by atoms with E-state index >= 15 is 0 Å². The van der Waals surface area contributed by atoms with Crippen LogP contribution < -0.4 is 17.0 Å². The van der Waals surface area contributed by atoms with Crippen molar-refractivity contribution in [2.24, 2.45) is 14.1 Å². The number of carbonyl (C=O) groups excluding carboxylic acids is 2. The fourth-order valence-electron chi connectivity index (χ4n) is 2.39. The molecule has 11 nitrogen and oxygen atoms in total. The van der Waals surface area contributed by atoms with E-state index in [0.717, 1.165) is 4.57 Å². The molecule has 1 heterocycles. The van der Waals surface area contributed by atoms with E-state index in [1.54, 1.807) is 0 Å². The number of nitro benzene ring substituents is 1. The number of rotatable bonds is 6. The van der Waals surface area contributed by atoms with Crippen LogP contribution in [0.2, 0.25) is 0 Å². The van der Waals surface area contributed by atoms with Crippen LogP contribution in [0.25, 0.3) is 0 Å². The van der Waals surface area contributed by atoms with Crippen LogP contribution in [0.3, 0.4) is 0 Å². The van der Waals surface area contributed by atoms with Gasteiger partial charge in [-0.1, -0.05) is 18.2 Å². The summed E-state index contributed by atoms with van der Waals surface area (Å²) in [6.07, 6.45) is -0.425. The molecule has 0 saturated heterocycles. The second-order valence-corrected chi connectivity index (χ2v) is 5.61. The van der Waals surface area contributed by atoms with Gasteiger partial charge in [-0.05, 0) is 0 Å². The first-order chi connectivity index (χ1) is 12.6. The fourth-order valence-corrected chi connectivity index (χ4v) is 2.39. The maximum Gasteiger partial charge on any atom is 0.332 e. The van der Waals surface area contributed by atoms with E-state index < -0.39 is 46.5 Å². The van der Waals surface area contributed by atoms with Crippen molar-refractivity contribution < 1.29 is 19.2 Å². The van der Waals surface area contributed by atoms with Gasteiger partial charge in [-0.25, -0.2) is 4.79 Å². The molecule has 0 atom stereocenters. The number of nitrogens with two attached hydrogens (primary N) is 1. The third-order valence-corrected chi connectivity index (χ3v) is 3.88. The summed E-state index contributed by atoms with van der Waals surface area (Å²) in [5.41, 5.74) is 3.43. The van der Waals surface area contributed by atoms with Crippen molar-refractivity contribution in [1.29, 1.82) is 0 Å². The number of nitro groups is 1. The van der Waals surface area contributed by atoms with Crippen LogP contribution in [0.5, 0.6) is 0 Å². The maximum absolute atomic E-state index is 12.2. The monoisotopic (exact) mass is 376 g/mol. The first kappa shape index (κ1) is 19.6.